The molecule has 4 nitrogen and oxygen atoms in total. The zero-order valence-electron chi connectivity index (χ0n) is 14.5. The highest BCUT2D eigenvalue weighted by molar-refractivity contribution is 9.10. The van der Waals surface area contributed by atoms with Crippen molar-refractivity contribution in [2.24, 2.45) is 0 Å². The molecule has 0 bridgehead atoms. The van der Waals surface area contributed by atoms with E-state index in [1.807, 2.05) is 12.4 Å². The third kappa shape index (κ3) is 2.99. The lowest BCUT2D eigenvalue weighted by atomic mass is 9.98. The topological polar surface area (TPSA) is 55.6 Å². The molecule has 0 amide bonds. The third-order valence-corrected chi connectivity index (χ3v) is 6.57. The van der Waals surface area contributed by atoms with Crippen molar-refractivity contribution >= 4 is 53.7 Å². The molecule has 5 rings (SSSR count). The van der Waals surface area contributed by atoms with Crippen molar-refractivity contribution in [2.75, 3.05) is 13.1 Å². The quantitative estimate of drug-likeness (QED) is 0.291. The minimum atomic E-state index is -0.286. The molecule has 1 aliphatic rings. The number of piperazine rings is 1. The van der Waals surface area contributed by atoms with Gasteiger partial charge in [-0.15, -0.1) is 0 Å². The SMILES string of the molecule is Fc1cc2c(C3CNCC(c4c[nH]c5cc(Br)c(F)cc45)N3)c[nH]c2cc1Br. The van der Waals surface area contributed by atoms with Gasteiger partial charge in [0.1, 0.15) is 11.6 Å². The van der Waals surface area contributed by atoms with Gasteiger partial charge in [-0.2, -0.15) is 0 Å². The summed E-state index contributed by atoms with van der Waals surface area (Å²) in [6, 6.07) is 6.60. The second kappa shape index (κ2) is 6.95. The normalized spacial score (nSPS) is 20.3. The maximum atomic E-state index is 14.1. The number of rotatable bonds is 2. The van der Waals surface area contributed by atoms with E-state index in [2.05, 4.69) is 52.5 Å². The summed E-state index contributed by atoms with van der Waals surface area (Å²) in [4.78, 5) is 6.44. The van der Waals surface area contributed by atoms with E-state index in [0.717, 1.165) is 46.0 Å². The first-order chi connectivity index (χ1) is 13.5. The van der Waals surface area contributed by atoms with Gasteiger partial charge in [-0.25, -0.2) is 8.78 Å². The predicted octanol–water partition coefficient (Wildman–Crippen LogP) is 5.43. The molecule has 4 N–H and O–H groups in total. The highest BCUT2D eigenvalue weighted by Crippen LogP contribution is 2.34. The van der Waals surface area contributed by atoms with Crippen LogP contribution in [0.3, 0.4) is 0 Å². The van der Waals surface area contributed by atoms with Crippen LogP contribution in [-0.4, -0.2) is 23.1 Å². The maximum Gasteiger partial charge on any atom is 0.138 e. The number of benzene rings is 2. The van der Waals surface area contributed by atoms with Crippen LogP contribution in [0.1, 0.15) is 23.2 Å². The van der Waals surface area contributed by atoms with Crippen molar-refractivity contribution in [2.45, 2.75) is 12.1 Å². The Kier molecular flexibility index (Phi) is 4.54. The summed E-state index contributed by atoms with van der Waals surface area (Å²) in [6.07, 6.45) is 3.84. The zero-order chi connectivity index (χ0) is 19.4. The largest absolute Gasteiger partial charge is 0.361 e. The molecule has 1 aliphatic heterocycles. The highest BCUT2D eigenvalue weighted by atomic mass is 79.9. The third-order valence-electron chi connectivity index (χ3n) is 5.36. The van der Waals surface area contributed by atoms with Crippen LogP contribution in [0.25, 0.3) is 21.8 Å². The van der Waals surface area contributed by atoms with Crippen LogP contribution in [-0.2, 0) is 0 Å². The molecule has 3 heterocycles. The fourth-order valence-corrected chi connectivity index (χ4v) is 4.67. The summed E-state index contributed by atoms with van der Waals surface area (Å²) in [5, 5.41) is 8.80. The average Bonchev–Trinajstić information content (AvgIpc) is 3.27. The number of H-pyrrole nitrogens is 2. The Hall–Kier alpha value is -1.74. The van der Waals surface area contributed by atoms with E-state index in [4.69, 9.17) is 0 Å². The van der Waals surface area contributed by atoms with Crippen LogP contribution in [0.4, 0.5) is 8.78 Å². The summed E-state index contributed by atoms with van der Waals surface area (Å²) in [5.74, 6) is -0.572. The average molecular weight is 510 g/mol. The fourth-order valence-electron chi connectivity index (χ4n) is 3.99. The second-order valence-electron chi connectivity index (χ2n) is 7.04. The molecule has 1 saturated heterocycles. The van der Waals surface area contributed by atoms with Gasteiger partial charge in [-0.3, -0.25) is 0 Å². The molecule has 2 aromatic carbocycles. The van der Waals surface area contributed by atoms with Crippen LogP contribution in [0.2, 0.25) is 0 Å². The molecule has 0 radical (unpaired) electrons. The molecule has 2 atom stereocenters. The first-order valence-corrected chi connectivity index (χ1v) is 10.5. The van der Waals surface area contributed by atoms with Crippen molar-refractivity contribution in [3.05, 3.63) is 68.4 Å². The summed E-state index contributed by atoms with van der Waals surface area (Å²) in [7, 11) is 0. The molecule has 4 aromatic rings. The molecule has 1 fully saturated rings. The summed E-state index contributed by atoms with van der Waals surface area (Å²) >= 11 is 6.46. The molecule has 2 unspecified atom stereocenters. The number of aromatic nitrogens is 2. The zero-order valence-corrected chi connectivity index (χ0v) is 17.7. The van der Waals surface area contributed by atoms with Gasteiger partial charge in [0.25, 0.3) is 0 Å². The Morgan fingerprint density at radius 3 is 1.68 bits per heavy atom. The molecular formula is C20H16Br2F2N4. The molecular weight excluding hydrogens is 494 g/mol. The molecule has 8 heteroatoms. The van der Waals surface area contributed by atoms with Gasteiger partial charge in [-0.1, -0.05) is 0 Å². The lowest BCUT2D eigenvalue weighted by Crippen LogP contribution is -2.45. The van der Waals surface area contributed by atoms with E-state index in [1.54, 1.807) is 24.3 Å². The van der Waals surface area contributed by atoms with E-state index < -0.39 is 0 Å². The first-order valence-electron chi connectivity index (χ1n) is 8.90. The van der Waals surface area contributed by atoms with Crippen molar-refractivity contribution in [1.82, 2.24) is 20.6 Å². The summed E-state index contributed by atoms with van der Waals surface area (Å²) in [6.45, 7) is 1.45. The number of fused-ring (bicyclic) bond motifs is 2. The molecule has 0 saturated carbocycles. The number of hydrogen-bond donors (Lipinski definition) is 4. The minimum absolute atomic E-state index is 0.00155. The number of halogens is 4. The Bertz CT molecular complexity index is 1110. The van der Waals surface area contributed by atoms with Crippen LogP contribution < -0.4 is 10.6 Å². The Balaban J connectivity index is 1.51. The van der Waals surface area contributed by atoms with E-state index >= 15 is 0 Å². The van der Waals surface area contributed by atoms with Crippen LogP contribution in [0.15, 0.2) is 45.6 Å². The van der Waals surface area contributed by atoms with Gasteiger partial charge in [0.05, 0.1) is 8.95 Å². The smallest absolute Gasteiger partial charge is 0.138 e. The first kappa shape index (κ1) is 18.3. The maximum absolute atomic E-state index is 14.1. The van der Waals surface area contributed by atoms with Crippen LogP contribution >= 0.6 is 31.9 Å². The van der Waals surface area contributed by atoms with Crippen molar-refractivity contribution in [3.63, 3.8) is 0 Å². The molecule has 0 aliphatic carbocycles. The Morgan fingerprint density at radius 2 is 1.21 bits per heavy atom. The Labute approximate surface area is 176 Å². The monoisotopic (exact) mass is 508 g/mol. The van der Waals surface area contributed by atoms with Gasteiger partial charge < -0.3 is 20.6 Å². The molecule has 144 valence electrons. The van der Waals surface area contributed by atoms with Crippen molar-refractivity contribution in [1.29, 1.82) is 0 Å². The van der Waals surface area contributed by atoms with E-state index in [1.165, 1.54) is 0 Å². The lowest BCUT2D eigenvalue weighted by molar-refractivity contribution is 0.352. The van der Waals surface area contributed by atoms with Crippen LogP contribution in [0.5, 0.6) is 0 Å². The standard InChI is InChI=1S/C20H16Br2F2N4/c21-13-3-17-9(1-15(13)23)11(5-26-17)19-7-25-8-20(28-19)12-6-27-18-4-14(22)16(24)2-10(12)18/h1-6,19-20,25-28H,7-8H2. The Morgan fingerprint density at radius 1 is 0.750 bits per heavy atom. The summed E-state index contributed by atoms with van der Waals surface area (Å²) in [5.41, 5.74) is 3.78. The summed E-state index contributed by atoms with van der Waals surface area (Å²) < 4.78 is 29.0. The second-order valence-corrected chi connectivity index (χ2v) is 8.75. The van der Waals surface area contributed by atoms with E-state index in [-0.39, 0.29) is 23.7 Å². The molecule has 28 heavy (non-hydrogen) atoms. The van der Waals surface area contributed by atoms with Gasteiger partial charge in [0, 0.05) is 59.4 Å². The van der Waals surface area contributed by atoms with Gasteiger partial charge >= 0.3 is 0 Å². The lowest BCUT2D eigenvalue weighted by Gasteiger charge is -2.32. The predicted molar refractivity (Wildman–Crippen MR) is 113 cm³/mol. The van der Waals surface area contributed by atoms with E-state index in [9.17, 15) is 8.78 Å². The fraction of sp³-hybridized carbons (Fsp3) is 0.200. The van der Waals surface area contributed by atoms with Crippen molar-refractivity contribution < 1.29 is 8.78 Å². The van der Waals surface area contributed by atoms with Gasteiger partial charge in [0.2, 0.25) is 0 Å². The van der Waals surface area contributed by atoms with Crippen LogP contribution in [0, 0.1) is 11.6 Å². The number of aromatic amines is 2. The molecule has 2 aromatic heterocycles. The number of hydrogen-bond acceptors (Lipinski definition) is 2. The van der Waals surface area contributed by atoms with Gasteiger partial charge in [0.15, 0.2) is 0 Å². The van der Waals surface area contributed by atoms with E-state index in [0.29, 0.717) is 8.95 Å². The highest BCUT2D eigenvalue weighted by Gasteiger charge is 2.27. The van der Waals surface area contributed by atoms with Crippen molar-refractivity contribution in [3.8, 4) is 0 Å². The minimum Gasteiger partial charge on any atom is -0.361 e. The van der Waals surface area contributed by atoms with Gasteiger partial charge in [-0.05, 0) is 67.3 Å². The number of nitrogens with one attached hydrogen (secondary N) is 4. The molecule has 0 spiro atoms.